The van der Waals surface area contributed by atoms with Crippen molar-refractivity contribution in [2.45, 2.75) is 240 Å². The van der Waals surface area contributed by atoms with Crippen LogP contribution in [0.4, 0.5) is 0 Å². The molecule has 0 nitrogen and oxygen atoms in total. The fraction of sp³-hybridized carbons (Fsp3) is 0.391. The lowest BCUT2D eigenvalue weighted by atomic mass is 9.83. The Morgan fingerprint density at radius 1 is 0.239 bits per heavy atom. The lowest BCUT2D eigenvalue weighted by molar-refractivity contribution is 0.443. The number of rotatable bonds is 2. The smallest absolute Gasteiger partial charge is 0.0126 e. The van der Waals surface area contributed by atoms with Gasteiger partial charge in [0.2, 0.25) is 0 Å². The molecule has 0 aromatic heterocycles. The van der Waals surface area contributed by atoms with Gasteiger partial charge < -0.3 is 0 Å². The Morgan fingerprint density at radius 3 is 0.848 bits per heavy atom. The van der Waals surface area contributed by atoms with Gasteiger partial charge in [-0.05, 0) is 215 Å². The Morgan fingerprint density at radius 2 is 0.511 bits per heavy atom. The Balaban J connectivity index is 0.000000192. The molecule has 0 radical (unpaired) electrons. The van der Waals surface area contributed by atoms with Crippen LogP contribution in [-0.4, -0.2) is 0 Å². The van der Waals surface area contributed by atoms with E-state index in [2.05, 4.69) is 347 Å². The summed E-state index contributed by atoms with van der Waals surface area (Å²) in [4.78, 5) is 0. The molecule has 0 spiro atoms. The first-order valence-electron chi connectivity index (χ1n) is 34.7. The number of fused-ring (bicyclic) bond motifs is 2. The maximum Gasteiger partial charge on any atom is -0.0126 e. The van der Waals surface area contributed by atoms with Crippen LogP contribution in [0.15, 0.2) is 188 Å². The number of hydrogen-bond acceptors (Lipinski definition) is 0. The predicted molar refractivity (Wildman–Crippen MR) is 412 cm³/mol. The Bertz CT molecular complexity index is 3640. The van der Waals surface area contributed by atoms with Crippen molar-refractivity contribution < 1.29 is 0 Å². The van der Waals surface area contributed by atoms with Crippen LogP contribution in [0.2, 0.25) is 0 Å². The van der Waals surface area contributed by atoms with Crippen molar-refractivity contribution in [1.82, 2.24) is 0 Å². The average Bonchev–Trinajstić information content (AvgIpc) is 0.922. The van der Waals surface area contributed by atoms with Gasteiger partial charge in [0.05, 0.1) is 0 Å². The van der Waals surface area contributed by atoms with Crippen LogP contribution in [0.1, 0.15) is 228 Å². The van der Waals surface area contributed by atoms with E-state index >= 15 is 0 Å². The first kappa shape index (κ1) is 75.4. The van der Waals surface area contributed by atoms with E-state index in [9.17, 15) is 0 Å². The van der Waals surface area contributed by atoms with Gasteiger partial charge in [-0.2, -0.15) is 0 Å². The number of benzene rings is 10. The molecule has 0 amide bonds. The van der Waals surface area contributed by atoms with Gasteiger partial charge >= 0.3 is 0 Å². The molecule has 0 heteroatoms. The van der Waals surface area contributed by atoms with Gasteiger partial charge in [0.25, 0.3) is 0 Å². The van der Waals surface area contributed by atoms with E-state index < -0.39 is 0 Å². The molecule has 2 saturated carbocycles. The van der Waals surface area contributed by atoms with Crippen LogP contribution in [-0.2, 0) is 10.8 Å². The molecule has 0 saturated heterocycles. The summed E-state index contributed by atoms with van der Waals surface area (Å²) in [6.07, 6.45) is 12.8. The first-order chi connectivity index (χ1) is 43.3. The summed E-state index contributed by atoms with van der Waals surface area (Å²) in [7, 11) is 0. The molecule has 0 heterocycles. The molecule has 0 atom stereocenters. The zero-order valence-corrected chi connectivity index (χ0v) is 61.9. The van der Waals surface area contributed by atoms with E-state index in [0.717, 1.165) is 11.8 Å². The van der Waals surface area contributed by atoms with Crippen LogP contribution in [0.3, 0.4) is 0 Å². The SMILES string of the molecule is Cc1cc(C(C)(C)C)c2ccccc2c1.Cc1cc(C)c2ccccc2c1.Cc1cc(C)cc(C(C)(C)C)c1.Cc1cc(C)cc(C)c1.Cc1cc(C)cc(C)c1.Cc1cc(C)cc(C2CCCC2)c1.Cc1cc(C)cc(C2CCCCC2)c1.Cc1ccc(C)cc1. The van der Waals surface area contributed by atoms with Gasteiger partial charge in [-0.15, -0.1) is 0 Å². The maximum atomic E-state index is 2.38. The Hall–Kier alpha value is -7.28. The molecule has 2 aliphatic rings. The van der Waals surface area contributed by atoms with Gasteiger partial charge in [-0.1, -0.05) is 351 Å². The lowest BCUT2D eigenvalue weighted by Crippen LogP contribution is -2.11. The summed E-state index contributed by atoms with van der Waals surface area (Å²) in [5.41, 5.74) is 29.8. The lowest BCUT2D eigenvalue weighted by Gasteiger charge is -2.22. The Labute approximate surface area is 562 Å². The molecule has 12 rings (SSSR count). The summed E-state index contributed by atoms with van der Waals surface area (Å²) in [6.45, 7) is 50.1. The van der Waals surface area contributed by atoms with Crippen molar-refractivity contribution in [3.05, 3.63) is 305 Å². The van der Waals surface area contributed by atoms with Crippen LogP contribution >= 0.6 is 0 Å². The minimum absolute atomic E-state index is 0.214. The molecular formula is C92H120. The van der Waals surface area contributed by atoms with E-state index in [-0.39, 0.29) is 10.8 Å². The number of hydrogen-bond donors (Lipinski definition) is 0. The van der Waals surface area contributed by atoms with Gasteiger partial charge in [-0.25, -0.2) is 0 Å². The highest BCUT2D eigenvalue weighted by molar-refractivity contribution is 5.87. The summed E-state index contributed by atoms with van der Waals surface area (Å²) in [6, 6.07) is 68.5. The standard InChI is InChI=1S/C15H18.C14H20.C13H18.C12H12.C12H18.2C9H12.C8H10/c1-11-9-12-7-5-6-8-13(12)14(10-11)15(2,3)4;1-11-8-12(2)10-14(9-11)13-6-4-3-5-7-13;1-10-7-11(2)9-13(8-10)12-5-3-4-6-12;1-9-7-10(2)12-6-4-3-5-11(12)8-9;1-9-6-10(2)8-11(7-9)12(3,4)5;2*1-7-4-8(2)6-9(3)5-7;1-7-3-5-8(2)6-4-7/h5-10H,1-4H3;8-10,13H,3-7H2,1-2H3;7-9,12H,3-6H2,1-2H3;3-8H,1-2H3;6-8H,1-5H3;2*4-6H,1-3H3;3-6H,1-2H3. The molecule has 0 bridgehead atoms. The van der Waals surface area contributed by atoms with Gasteiger partial charge in [0, 0.05) is 0 Å². The van der Waals surface area contributed by atoms with Crippen LogP contribution in [0.5, 0.6) is 0 Å². The third-order valence-electron chi connectivity index (χ3n) is 17.5. The van der Waals surface area contributed by atoms with Crippen molar-refractivity contribution in [3.8, 4) is 0 Å². The van der Waals surface area contributed by atoms with Crippen LogP contribution in [0, 0.1) is 118 Å². The molecule has 2 aliphatic carbocycles. The van der Waals surface area contributed by atoms with E-state index in [1.165, 1.54) is 185 Å². The third-order valence-corrected chi connectivity index (χ3v) is 17.5. The minimum atomic E-state index is 0.214. The zero-order valence-electron chi connectivity index (χ0n) is 61.9. The molecule has 0 unspecified atom stereocenters. The third kappa shape index (κ3) is 26.7. The van der Waals surface area contributed by atoms with Crippen molar-refractivity contribution >= 4 is 21.5 Å². The second kappa shape index (κ2) is 36.2. The minimum Gasteiger partial charge on any atom is -0.0616 e. The van der Waals surface area contributed by atoms with Crippen molar-refractivity contribution in [2.75, 3.05) is 0 Å². The summed E-state index contributed by atoms with van der Waals surface area (Å²) >= 11 is 0. The van der Waals surface area contributed by atoms with E-state index in [4.69, 9.17) is 0 Å². The molecule has 488 valence electrons. The molecular weight excluding hydrogens is 1110 g/mol. The summed E-state index contributed by atoms with van der Waals surface area (Å²) in [5, 5.41) is 5.44. The van der Waals surface area contributed by atoms with Gasteiger partial charge in [0.15, 0.2) is 0 Å². The molecule has 2 fully saturated rings. The van der Waals surface area contributed by atoms with Gasteiger partial charge in [-0.3, -0.25) is 0 Å². The molecule has 10 aromatic rings. The largest absolute Gasteiger partial charge is 0.0616 e. The Kier molecular flexibility index (Phi) is 29.7. The molecule has 10 aromatic carbocycles. The van der Waals surface area contributed by atoms with Crippen LogP contribution < -0.4 is 0 Å². The molecule has 92 heavy (non-hydrogen) atoms. The summed E-state index contributed by atoms with van der Waals surface area (Å²) in [5.74, 6) is 1.71. The van der Waals surface area contributed by atoms with E-state index in [1.54, 1.807) is 11.1 Å². The van der Waals surface area contributed by atoms with E-state index in [1.807, 2.05) is 0 Å². The second-order valence-corrected chi connectivity index (χ2v) is 29.9. The summed E-state index contributed by atoms with van der Waals surface area (Å²) < 4.78 is 0. The van der Waals surface area contributed by atoms with E-state index in [0.29, 0.717) is 0 Å². The topological polar surface area (TPSA) is 0 Å². The maximum absolute atomic E-state index is 2.38. The highest BCUT2D eigenvalue weighted by Crippen LogP contribution is 2.36. The normalized spacial score (nSPS) is 12.9. The fourth-order valence-electron chi connectivity index (χ4n) is 13.4. The highest BCUT2D eigenvalue weighted by Gasteiger charge is 2.19. The van der Waals surface area contributed by atoms with Crippen molar-refractivity contribution in [3.63, 3.8) is 0 Å². The first-order valence-corrected chi connectivity index (χ1v) is 34.7. The molecule has 0 N–H and O–H groups in total. The second-order valence-electron chi connectivity index (χ2n) is 29.9. The van der Waals surface area contributed by atoms with Crippen molar-refractivity contribution in [1.29, 1.82) is 0 Å². The van der Waals surface area contributed by atoms with Crippen LogP contribution in [0.25, 0.3) is 21.5 Å². The predicted octanol–water partition coefficient (Wildman–Crippen LogP) is 27.3. The number of aryl methyl sites for hydroxylation is 17. The highest BCUT2D eigenvalue weighted by atomic mass is 14.2. The monoisotopic (exact) mass is 1220 g/mol. The van der Waals surface area contributed by atoms with Crippen molar-refractivity contribution in [2.24, 2.45) is 0 Å². The quantitative estimate of drug-likeness (QED) is 0.162. The zero-order chi connectivity index (χ0) is 67.9. The fourth-order valence-corrected chi connectivity index (χ4v) is 13.4. The average molecular weight is 1230 g/mol. The molecule has 0 aliphatic heterocycles. The van der Waals surface area contributed by atoms with Gasteiger partial charge in [0.1, 0.15) is 0 Å².